The number of amides is 1. The number of carbonyl (C=O) groups is 4. The van der Waals surface area contributed by atoms with Crippen LogP contribution in [0.5, 0.6) is 0 Å². The van der Waals surface area contributed by atoms with Gasteiger partial charge in [0, 0.05) is 55.6 Å². The molecule has 9 heteroatoms. The van der Waals surface area contributed by atoms with Crippen LogP contribution >= 0.6 is 0 Å². The highest BCUT2D eigenvalue weighted by molar-refractivity contribution is 6.12. The second kappa shape index (κ2) is 11.7. The van der Waals surface area contributed by atoms with E-state index in [9.17, 15) is 19.2 Å². The fraction of sp³-hybridized carbons (Fsp3) is 0.484. The van der Waals surface area contributed by atoms with Crippen molar-refractivity contribution < 1.29 is 29.4 Å². The van der Waals surface area contributed by atoms with Gasteiger partial charge in [-0.05, 0) is 73.0 Å². The summed E-state index contributed by atoms with van der Waals surface area (Å²) in [6.07, 6.45) is 13.2. The number of carboxylic acids is 2. The second-order valence-corrected chi connectivity index (χ2v) is 11.2. The van der Waals surface area contributed by atoms with Crippen molar-refractivity contribution in [2.75, 3.05) is 39.3 Å². The molecule has 0 unspecified atom stereocenters. The van der Waals surface area contributed by atoms with Gasteiger partial charge in [-0.3, -0.25) is 19.2 Å². The van der Waals surface area contributed by atoms with Crippen LogP contribution < -0.4 is 0 Å². The number of aliphatic carboxylic acids is 2. The Morgan fingerprint density at radius 2 is 1.20 bits per heavy atom. The molecule has 1 fully saturated rings. The molecule has 9 nitrogen and oxygen atoms in total. The number of likely N-dealkylation sites (tertiary alicyclic amines) is 1. The number of hydrogen-bond donors (Lipinski definition) is 2. The summed E-state index contributed by atoms with van der Waals surface area (Å²) < 4.78 is 0. The maximum absolute atomic E-state index is 14.0. The van der Waals surface area contributed by atoms with Crippen LogP contribution in [-0.2, 0) is 19.2 Å². The first kappa shape index (κ1) is 27.7. The molecular weight excluding hydrogens is 510 g/mol. The Kier molecular flexibility index (Phi) is 8.09. The smallest absolute Gasteiger partial charge is 0.305 e. The van der Waals surface area contributed by atoms with E-state index in [1.54, 1.807) is 4.90 Å². The summed E-state index contributed by atoms with van der Waals surface area (Å²) in [5.74, 6) is -1.69. The summed E-state index contributed by atoms with van der Waals surface area (Å²) in [4.78, 5) is 54.8. The zero-order valence-corrected chi connectivity index (χ0v) is 23.1. The number of rotatable bonds is 6. The van der Waals surface area contributed by atoms with Crippen LogP contribution in [0.4, 0.5) is 0 Å². The van der Waals surface area contributed by atoms with Gasteiger partial charge in [0.2, 0.25) is 5.91 Å². The van der Waals surface area contributed by atoms with Gasteiger partial charge in [0.1, 0.15) is 0 Å². The van der Waals surface area contributed by atoms with E-state index in [0.29, 0.717) is 37.1 Å². The van der Waals surface area contributed by atoms with E-state index in [4.69, 9.17) is 10.2 Å². The van der Waals surface area contributed by atoms with Crippen LogP contribution in [-0.4, -0.2) is 87.8 Å². The maximum atomic E-state index is 14.0. The first-order valence-corrected chi connectivity index (χ1v) is 14.2. The summed E-state index contributed by atoms with van der Waals surface area (Å²) in [6.45, 7) is 4.71. The van der Waals surface area contributed by atoms with Crippen LogP contribution in [0.3, 0.4) is 0 Å². The average Bonchev–Trinajstić information content (AvgIpc) is 2.94. The SMILES string of the molecule is CC(=O)N1C/C(=C2/C=CC3=C(CCCN3CCC(=O)O)C2)C(=O)/C(=C2/C=CC3=C(CCCN3CCC(=O)O)C2)C1. The van der Waals surface area contributed by atoms with Crippen LogP contribution in [0.25, 0.3) is 0 Å². The van der Waals surface area contributed by atoms with Gasteiger partial charge in [-0.1, -0.05) is 12.2 Å². The molecule has 2 N–H and O–H groups in total. The van der Waals surface area contributed by atoms with Crippen LogP contribution in [0.15, 0.2) is 69.1 Å². The van der Waals surface area contributed by atoms with Gasteiger partial charge in [0.05, 0.1) is 25.9 Å². The maximum Gasteiger partial charge on any atom is 0.305 e. The number of ketones is 1. The van der Waals surface area contributed by atoms with Gasteiger partial charge in [-0.25, -0.2) is 0 Å². The third-order valence-corrected chi connectivity index (χ3v) is 8.57. The molecule has 3 aliphatic heterocycles. The third kappa shape index (κ3) is 5.83. The Labute approximate surface area is 234 Å². The molecule has 0 atom stereocenters. The number of carboxylic acid groups (broad SMARTS) is 2. The standard InChI is InChI=1S/C31H37N3O6/c1-20(35)34-18-25(21-6-8-27-23(16-21)4-2-12-32(27)14-10-29(36)37)31(40)26(19-34)22-7-9-28-24(17-22)5-3-13-33(28)15-11-30(38)39/h6-9H,2-5,10-19H2,1H3,(H,36,37)(H,38,39)/b25-21-,26-22+. The van der Waals surface area contributed by atoms with E-state index < -0.39 is 11.9 Å². The Balaban J connectivity index is 1.42. The Morgan fingerprint density at radius 1 is 0.750 bits per heavy atom. The van der Waals surface area contributed by atoms with Gasteiger partial charge >= 0.3 is 11.9 Å². The van der Waals surface area contributed by atoms with Crippen molar-refractivity contribution in [3.05, 3.63) is 69.1 Å². The van der Waals surface area contributed by atoms with Crippen LogP contribution in [0.1, 0.15) is 58.3 Å². The molecule has 3 heterocycles. The normalized spacial score (nSPS) is 24.9. The minimum Gasteiger partial charge on any atom is -0.481 e. The third-order valence-electron chi connectivity index (χ3n) is 8.57. The van der Waals surface area contributed by atoms with Crippen molar-refractivity contribution in [2.24, 2.45) is 0 Å². The summed E-state index contributed by atoms with van der Waals surface area (Å²) in [6, 6.07) is 0. The highest BCUT2D eigenvalue weighted by Gasteiger charge is 2.34. The zero-order chi connectivity index (χ0) is 28.4. The van der Waals surface area contributed by atoms with E-state index in [0.717, 1.165) is 61.3 Å². The van der Waals surface area contributed by atoms with E-state index in [1.165, 1.54) is 18.1 Å². The molecule has 2 aliphatic carbocycles. The number of allylic oxidation sites excluding steroid dienone is 8. The van der Waals surface area contributed by atoms with Gasteiger partial charge < -0.3 is 24.9 Å². The number of Topliss-reactive ketones (excluding diaryl/α,β-unsaturated/α-hetero) is 1. The zero-order valence-electron chi connectivity index (χ0n) is 23.1. The summed E-state index contributed by atoms with van der Waals surface area (Å²) in [5.41, 5.74) is 7.78. The molecule has 0 saturated carbocycles. The second-order valence-electron chi connectivity index (χ2n) is 11.2. The minimum absolute atomic E-state index is 0.00184. The van der Waals surface area contributed by atoms with Gasteiger partial charge in [-0.2, -0.15) is 0 Å². The van der Waals surface area contributed by atoms with Crippen molar-refractivity contribution in [3.63, 3.8) is 0 Å². The Bertz CT molecular complexity index is 1240. The molecule has 40 heavy (non-hydrogen) atoms. The monoisotopic (exact) mass is 547 g/mol. The molecular formula is C31H37N3O6. The minimum atomic E-state index is -0.811. The number of nitrogens with zero attached hydrogens (tertiary/aromatic N) is 3. The highest BCUT2D eigenvalue weighted by Crippen LogP contribution is 2.38. The van der Waals surface area contributed by atoms with E-state index in [2.05, 4.69) is 9.80 Å². The van der Waals surface area contributed by atoms with Crippen molar-refractivity contribution in [1.29, 1.82) is 0 Å². The Hall–Kier alpha value is -3.88. The first-order valence-electron chi connectivity index (χ1n) is 14.2. The predicted molar refractivity (Wildman–Crippen MR) is 149 cm³/mol. The fourth-order valence-corrected chi connectivity index (χ4v) is 6.47. The fourth-order valence-electron chi connectivity index (χ4n) is 6.47. The van der Waals surface area contributed by atoms with E-state index in [-0.39, 0.29) is 37.6 Å². The molecule has 0 aromatic carbocycles. The Morgan fingerprint density at radius 3 is 1.60 bits per heavy atom. The molecule has 0 aromatic rings. The largest absolute Gasteiger partial charge is 0.481 e. The van der Waals surface area contributed by atoms with Gasteiger partial charge in [-0.15, -0.1) is 0 Å². The molecule has 5 rings (SSSR count). The average molecular weight is 548 g/mol. The topological polar surface area (TPSA) is 118 Å². The molecule has 1 saturated heterocycles. The van der Waals surface area contributed by atoms with Gasteiger partial charge in [0.15, 0.2) is 5.78 Å². The number of piperidine rings is 1. The highest BCUT2D eigenvalue weighted by atomic mass is 16.4. The van der Waals surface area contributed by atoms with Crippen molar-refractivity contribution in [1.82, 2.24) is 14.7 Å². The van der Waals surface area contributed by atoms with Crippen molar-refractivity contribution in [2.45, 2.75) is 58.3 Å². The number of carbonyl (C=O) groups excluding carboxylic acids is 2. The van der Waals surface area contributed by atoms with Crippen molar-refractivity contribution in [3.8, 4) is 0 Å². The number of hydrogen-bond acceptors (Lipinski definition) is 6. The lowest BCUT2D eigenvalue weighted by molar-refractivity contribution is -0.138. The lowest BCUT2D eigenvalue weighted by atomic mass is 9.82. The lowest BCUT2D eigenvalue weighted by Gasteiger charge is -2.37. The van der Waals surface area contributed by atoms with Gasteiger partial charge in [0.25, 0.3) is 0 Å². The summed E-state index contributed by atoms with van der Waals surface area (Å²) in [5, 5.41) is 18.3. The summed E-state index contributed by atoms with van der Waals surface area (Å²) in [7, 11) is 0. The van der Waals surface area contributed by atoms with E-state index >= 15 is 0 Å². The molecule has 0 radical (unpaired) electrons. The quantitative estimate of drug-likeness (QED) is 0.485. The van der Waals surface area contributed by atoms with Crippen LogP contribution in [0, 0.1) is 0 Å². The molecule has 0 bridgehead atoms. The molecule has 0 spiro atoms. The van der Waals surface area contributed by atoms with Crippen molar-refractivity contribution >= 4 is 23.6 Å². The van der Waals surface area contributed by atoms with Crippen LogP contribution in [0.2, 0.25) is 0 Å². The molecule has 212 valence electrons. The predicted octanol–water partition coefficient (Wildman–Crippen LogP) is 3.58. The summed E-state index contributed by atoms with van der Waals surface area (Å²) >= 11 is 0. The molecule has 1 amide bonds. The molecule has 0 aromatic heterocycles. The molecule has 5 aliphatic rings. The van der Waals surface area contributed by atoms with E-state index in [1.807, 2.05) is 24.3 Å². The first-order chi connectivity index (χ1) is 19.2. The lowest BCUT2D eigenvalue weighted by Crippen LogP contribution is -2.42.